The number of amides is 1. The number of hydrogen-bond acceptors (Lipinski definition) is 10. The molecule has 2 fully saturated rings. The monoisotopic (exact) mass is 641 g/mol. The zero-order valence-corrected chi connectivity index (χ0v) is 24.9. The molecule has 44 heavy (non-hydrogen) atoms. The van der Waals surface area contributed by atoms with Crippen LogP contribution in [0.5, 0.6) is 5.75 Å². The number of nitrogens with zero attached hydrogens (tertiary/aromatic N) is 3. The van der Waals surface area contributed by atoms with Gasteiger partial charge in [0, 0.05) is 44.4 Å². The van der Waals surface area contributed by atoms with Gasteiger partial charge in [-0.05, 0) is 31.4 Å². The number of hydrogen-bond donors (Lipinski definition) is 0. The smallest absolute Gasteiger partial charge is 0.451 e. The van der Waals surface area contributed by atoms with Gasteiger partial charge in [-0.25, -0.2) is 13.6 Å². The van der Waals surface area contributed by atoms with Crippen molar-refractivity contribution in [3.05, 3.63) is 63.1 Å². The zero-order chi connectivity index (χ0) is 30.5. The predicted molar refractivity (Wildman–Crippen MR) is 152 cm³/mol. The maximum atomic E-state index is 14.1. The molecule has 0 unspecified atom stereocenters. The first-order valence-electron chi connectivity index (χ1n) is 14.1. The van der Waals surface area contributed by atoms with Crippen molar-refractivity contribution in [3.63, 3.8) is 0 Å². The number of ether oxygens (including phenoxy) is 5. The quantitative estimate of drug-likeness (QED) is 0.217. The maximum absolute atomic E-state index is 14.1. The third kappa shape index (κ3) is 7.54. The fourth-order valence-corrected chi connectivity index (χ4v) is 5.34. The Balaban J connectivity index is 0.00000442. The van der Waals surface area contributed by atoms with Gasteiger partial charge in [-0.2, -0.15) is 0 Å². The molecule has 3 aliphatic rings. The van der Waals surface area contributed by atoms with E-state index in [2.05, 4.69) is 4.90 Å². The number of pyridine rings is 1. The molecule has 0 N–H and O–H groups in total. The molecule has 0 bridgehead atoms. The van der Waals surface area contributed by atoms with E-state index in [4.69, 9.17) is 23.7 Å². The van der Waals surface area contributed by atoms with Gasteiger partial charge < -0.3 is 33.2 Å². The summed E-state index contributed by atoms with van der Waals surface area (Å²) in [5, 5.41) is 0. The molecule has 0 spiro atoms. The van der Waals surface area contributed by atoms with Crippen molar-refractivity contribution in [2.24, 2.45) is 0 Å². The summed E-state index contributed by atoms with van der Waals surface area (Å²) in [6, 6.07) is 2.86. The van der Waals surface area contributed by atoms with Crippen LogP contribution in [0.4, 0.5) is 13.6 Å². The Kier molecular flexibility index (Phi) is 11.3. The number of carbonyl (C=O) groups is 3. The van der Waals surface area contributed by atoms with Crippen molar-refractivity contribution < 1.29 is 46.8 Å². The Hall–Kier alpha value is -3.59. The molecule has 1 aromatic carbocycles. The molecule has 1 aromatic heterocycles. The van der Waals surface area contributed by atoms with Crippen molar-refractivity contribution in [1.29, 1.82) is 0 Å². The third-order valence-corrected chi connectivity index (χ3v) is 7.71. The number of ketones is 1. The molecule has 0 radical (unpaired) electrons. The van der Waals surface area contributed by atoms with Gasteiger partial charge in [0.15, 0.2) is 17.7 Å². The molecule has 15 heteroatoms. The normalized spacial score (nSPS) is 19.8. The second kappa shape index (κ2) is 14.9. The van der Waals surface area contributed by atoms with E-state index in [1.54, 1.807) is 0 Å². The number of rotatable bonds is 10. The van der Waals surface area contributed by atoms with E-state index in [0.29, 0.717) is 32.8 Å². The topological polar surface area (TPSA) is 126 Å². The molecule has 4 heterocycles. The molecule has 5 rings (SSSR count). The maximum Gasteiger partial charge on any atom is 0.511 e. The van der Waals surface area contributed by atoms with Crippen LogP contribution in [0.15, 0.2) is 29.2 Å². The van der Waals surface area contributed by atoms with Crippen LogP contribution < -0.4 is 10.2 Å². The lowest BCUT2D eigenvalue weighted by atomic mass is 10.0. The standard InChI is InChI=1S/C29H33F2N3O9.ClH/c1-18-6-10-40-24-16-33-15-21(23(35)5-3-19-2-4-20(30)14-22(19)31)26(36)27(25(33)28(37)34(18)24)42-17-43-29(38)41-13-9-32-7-11-39-12-8-32;/h2,4,14-15,18,24H,3,5-13,16-17H2,1H3;1H/t18-,24+;/m1./s1. The van der Waals surface area contributed by atoms with Crippen LogP contribution in [-0.2, 0) is 31.9 Å². The summed E-state index contributed by atoms with van der Waals surface area (Å²) >= 11 is 0. The first kappa shape index (κ1) is 33.3. The van der Waals surface area contributed by atoms with Crippen molar-refractivity contribution >= 4 is 30.3 Å². The van der Waals surface area contributed by atoms with Gasteiger partial charge in [0.1, 0.15) is 18.2 Å². The van der Waals surface area contributed by atoms with Gasteiger partial charge in [0.25, 0.3) is 5.91 Å². The van der Waals surface area contributed by atoms with Crippen LogP contribution in [0.3, 0.4) is 0 Å². The highest BCUT2D eigenvalue weighted by molar-refractivity contribution is 6.00. The summed E-state index contributed by atoms with van der Waals surface area (Å²) in [5.41, 5.74) is -1.17. The van der Waals surface area contributed by atoms with Crippen molar-refractivity contribution in [2.75, 3.05) is 52.9 Å². The minimum absolute atomic E-state index is 0. The van der Waals surface area contributed by atoms with E-state index in [0.717, 1.165) is 25.2 Å². The fraction of sp³-hybridized carbons (Fsp3) is 0.517. The highest BCUT2D eigenvalue weighted by Crippen LogP contribution is 2.30. The Labute approximate surface area is 258 Å². The molecule has 12 nitrogen and oxygen atoms in total. The number of aryl methyl sites for hydroxylation is 1. The summed E-state index contributed by atoms with van der Waals surface area (Å²) in [5.74, 6) is -3.17. The van der Waals surface area contributed by atoms with Gasteiger partial charge in [-0.15, -0.1) is 12.4 Å². The number of aromatic nitrogens is 1. The second-order valence-corrected chi connectivity index (χ2v) is 10.5. The average molecular weight is 642 g/mol. The molecule has 240 valence electrons. The molecular weight excluding hydrogens is 608 g/mol. The molecule has 1 amide bonds. The molecule has 3 aliphatic heterocycles. The minimum atomic E-state index is -1.03. The summed E-state index contributed by atoms with van der Waals surface area (Å²) in [4.78, 5) is 56.0. The summed E-state index contributed by atoms with van der Waals surface area (Å²) in [6.45, 7) is 4.89. The number of benzene rings is 1. The van der Waals surface area contributed by atoms with E-state index in [-0.39, 0.29) is 61.3 Å². The highest BCUT2D eigenvalue weighted by atomic mass is 35.5. The van der Waals surface area contributed by atoms with Crippen LogP contribution in [0.2, 0.25) is 0 Å². The van der Waals surface area contributed by atoms with E-state index < -0.39 is 53.7 Å². The van der Waals surface area contributed by atoms with Crippen LogP contribution in [0, 0.1) is 11.6 Å². The van der Waals surface area contributed by atoms with Crippen molar-refractivity contribution in [3.8, 4) is 5.75 Å². The first-order chi connectivity index (χ1) is 20.7. The number of Topliss-reactive ketones (excluding diaryl/α,β-unsaturated/α-hetero) is 1. The molecule has 2 atom stereocenters. The molecule has 2 saturated heterocycles. The van der Waals surface area contributed by atoms with Crippen LogP contribution in [-0.4, -0.2) is 97.3 Å². The lowest BCUT2D eigenvalue weighted by Crippen LogP contribution is -2.57. The lowest BCUT2D eigenvalue weighted by molar-refractivity contribution is -0.112. The van der Waals surface area contributed by atoms with Crippen LogP contribution in [0.25, 0.3) is 0 Å². The molecular formula is C29H34ClF2N3O9. The second-order valence-electron chi connectivity index (χ2n) is 10.5. The predicted octanol–water partition coefficient (Wildman–Crippen LogP) is 2.78. The number of carbonyl (C=O) groups excluding carboxylic acids is 3. The van der Waals surface area contributed by atoms with Crippen molar-refractivity contribution in [2.45, 2.75) is 45.0 Å². The number of morpholine rings is 1. The molecule has 0 saturated carbocycles. The van der Waals surface area contributed by atoms with E-state index >= 15 is 0 Å². The Bertz CT molecular complexity index is 1430. The SMILES string of the molecule is C[C@@H]1CCO[C@H]2Cn3cc(C(=O)CCc4ccc(F)cc4F)c(=O)c(OCOC(=O)OCCN4CCOCC4)c3C(=O)N12.Cl. The fourth-order valence-electron chi connectivity index (χ4n) is 5.34. The largest absolute Gasteiger partial charge is 0.511 e. The number of fused-ring (bicyclic) bond motifs is 2. The lowest BCUT2D eigenvalue weighted by Gasteiger charge is -2.44. The van der Waals surface area contributed by atoms with Gasteiger partial charge in [0.2, 0.25) is 18.0 Å². The highest BCUT2D eigenvalue weighted by Gasteiger charge is 2.41. The van der Waals surface area contributed by atoms with Crippen LogP contribution >= 0.6 is 12.4 Å². The zero-order valence-electron chi connectivity index (χ0n) is 24.1. The Morgan fingerprint density at radius 2 is 1.86 bits per heavy atom. The van der Waals surface area contributed by atoms with E-state index in [1.165, 1.54) is 21.7 Å². The minimum Gasteiger partial charge on any atom is -0.451 e. The molecule has 2 aromatic rings. The average Bonchev–Trinajstić information content (AvgIpc) is 2.98. The first-order valence-corrected chi connectivity index (χ1v) is 14.1. The Morgan fingerprint density at radius 3 is 2.61 bits per heavy atom. The van der Waals surface area contributed by atoms with Crippen LogP contribution in [0.1, 0.15) is 46.2 Å². The van der Waals surface area contributed by atoms with Gasteiger partial charge in [0.05, 0.1) is 31.9 Å². The summed E-state index contributed by atoms with van der Waals surface area (Å²) < 4.78 is 55.5. The molecule has 0 aliphatic carbocycles. The summed E-state index contributed by atoms with van der Waals surface area (Å²) in [7, 11) is 0. The summed E-state index contributed by atoms with van der Waals surface area (Å²) in [6.07, 6.45) is -0.129. The van der Waals surface area contributed by atoms with Gasteiger partial charge in [-0.1, -0.05) is 6.07 Å². The van der Waals surface area contributed by atoms with E-state index in [1.807, 2.05) is 6.92 Å². The van der Waals surface area contributed by atoms with Gasteiger partial charge >= 0.3 is 6.16 Å². The third-order valence-electron chi connectivity index (χ3n) is 7.71. The Morgan fingerprint density at radius 1 is 1.09 bits per heavy atom. The number of halogens is 3. The van der Waals surface area contributed by atoms with Crippen molar-refractivity contribution in [1.82, 2.24) is 14.4 Å². The van der Waals surface area contributed by atoms with Gasteiger partial charge in [-0.3, -0.25) is 19.3 Å². The van der Waals surface area contributed by atoms with E-state index in [9.17, 15) is 28.0 Å².